The largest absolute Gasteiger partial charge is 0.481 e. The van der Waals surface area contributed by atoms with E-state index in [4.69, 9.17) is 5.11 Å². The van der Waals surface area contributed by atoms with Crippen LogP contribution < -0.4 is 0 Å². The van der Waals surface area contributed by atoms with Crippen LogP contribution >= 0.6 is 11.8 Å². The minimum Gasteiger partial charge on any atom is -0.481 e. The van der Waals surface area contributed by atoms with Gasteiger partial charge in [0, 0.05) is 18.4 Å². The number of carbonyl (C=O) groups is 1. The topological polar surface area (TPSA) is 55.1 Å². The second-order valence-electron chi connectivity index (χ2n) is 4.28. The van der Waals surface area contributed by atoms with E-state index in [2.05, 4.69) is 25.8 Å². The second-order valence-corrected chi connectivity index (χ2v) is 5.22. The van der Waals surface area contributed by atoms with Crippen molar-refractivity contribution in [3.63, 3.8) is 0 Å². The Hall–Kier alpha value is -0.970. The molecule has 5 heteroatoms. The van der Waals surface area contributed by atoms with Crippen molar-refractivity contribution in [2.24, 2.45) is 5.92 Å². The van der Waals surface area contributed by atoms with Crippen LogP contribution in [0.2, 0.25) is 0 Å². The van der Waals surface area contributed by atoms with E-state index in [1.54, 1.807) is 6.20 Å². The van der Waals surface area contributed by atoms with Crippen molar-refractivity contribution < 1.29 is 9.90 Å². The highest BCUT2D eigenvalue weighted by atomic mass is 32.2. The van der Waals surface area contributed by atoms with Gasteiger partial charge in [-0.05, 0) is 19.3 Å². The van der Waals surface area contributed by atoms with Gasteiger partial charge in [-0.25, -0.2) is 4.98 Å². The molecule has 0 spiro atoms. The Kier molecular flexibility index (Phi) is 4.86. The molecule has 1 N–H and O–H groups in total. The molecule has 0 aromatic carbocycles. The normalized spacial score (nSPS) is 13.0. The van der Waals surface area contributed by atoms with Gasteiger partial charge in [0.1, 0.15) is 0 Å². The molecular weight excluding hydrogens is 224 g/mol. The van der Waals surface area contributed by atoms with Gasteiger partial charge in [0.2, 0.25) is 0 Å². The van der Waals surface area contributed by atoms with Gasteiger partial charge in [0.15, 0.2) is 5.16 Å². The summed E-state index contributed by atoms with van der Waals surface area (Å²) < 4.78 is 2.05. The van der Waals surface area contributed by atoms with Crippen molar-refractivity contribution in [2.45, 2.75) is 38.4 Å². The molecule has 0 aliphatic rings. The smallest absolute Gasteiger partial charge is 0.313 e. The maximum Gasteiger partial charge on any atom is 0.313 e. The van der Waals surface area contributed by atoms with Gasteiger partial charge in [-0.2, -0.15) is 0 Å². The van der Waals surface area contributed by atoms with E-state index in [0.29, 0.717) is 12.0 Å². The summed E-state index contributed by atoms with van der Waals surface area (Å²) in [5.74, 6) is -0.128. The van der Waals surface area contributed by atoms with Gasteiger partial charge >= 0.3 is 5.97 Å². The maximum absolute atomic E-state index is 10.5. The first-order chi connectivity index (χ1) is 7.50. The highest BCUT2D eigenvalue weighted by Gasteiger charge is 2.12. The van der Waals surface area contributed by atoms with Crippen molar-refractivity contribution in [1.29, 1.82) is 0 Å². The first-order valence-corrected chi connectivity index (χ1v) is 6.36. The molecule has 1 rings (SSSR count). The summed E-state index contributed by atoms with van der Waals surface area (Å²) in [5.41, 5.74) is 0. The number of carboxylic acids is 1. The van der Waals surface area contributed by atoms with Crippen LogP contribution in [0.3, 0.4) is 0 Å². The lowest BCUT2D eigenvalue weighted by Crippen LogP contribution is -2.09. The van der Waals surface area contributed by atoms with Gasteiger partial charge in [0.05, 0.1) is 5.75 Å². The number of imidazole rings is 1. The molecule has 90 valence electrons. The third-order valence-corrected chi connectivity index (χ3v) is 3.21. The molecule has 4 nitrogen and oxygen atoms in total. The Labute approximate surface area is 100 Å². The lowest BCUT2D eigenvalue weighted by molar-refractivity contribution is -0.133. The molecule has 0 aliphatic heterocycles. The molecule has 1 atom stereocenters. The van der Waals surface area contributed by atoms with Crippen LogP contribution in [0.4, 0.5) is 0 Å². The quantitative estimate of drug-likeness (QED) is 0.779. The number of rotatable bonds is 6. The summed E-state index contributed by atoms with van der Waals surface area (Å²) in [7, 11) is 0. The summed E-state index contributed by atoms with van der Waals surface area (Å²) >= 11 is 1.27. The fourth-order valence-corrected chi connectivity index (χ4v) is 2.45. The summed E-state index contributed by atoms with van der Waals surface area (Å²) in [6, 6.07) is 0.360. The summed E-state index contributed by atoms with van der Waals surface area (Å²) in [5, 5.41) is 9.42. The molecule has 0 bridgehead atoms. The molecule has 1 aromatic rings. The van der Waals surface area contributed by atoms with Crippen LogP contribution in [-0.2, 0) is 4.79 Å². The molecule has 0 saturated carbocycles. The first-order valence-electron chi connectivity index (χ1n) is 5.38. The molecule has 0 saturated heterocycles. The number of carboxylic acid groups (broad SMARTS) is 1. The lowest BCUT2D eigenvalue weighted by Gasteiger charge is -2.17. The van der Waals surface area contributed by atoms with E-state index in [1.807, 2.05) is 10.8 Å². The van der Waals surface area contributed by atoms with Crippen molar-refractivity contribution in [2.75, 3.05) is 5.75 Å². The van der Waals surface area contributed by atoms with E-state index in [9.17, 15) is 4.79 Å². The fourth-order valence-electron chi connectivity index (χ4n) is 1.67. The molecule has 0 radical (unpaired) electrons. The zero-order chi connectivity index (χ0) is 12.1. The number of aliphatic carboxylic acids is 1. The van der Waals surface area contributed by atoms with Crippen LogP contribution in [0.25, 0.3) is 0 Å². The standard InChI is InChI=1S/C11H18N2O2S/c1-8(2)6-9(3)13-5-4-12-11(13)16-7-10(14)15/h4-5,8-9H,6-7H2,1-3H3,(H,14,15). The van der Waals surface area contributed by atoms with Crippen LogP contribution in [0.1, 0.15) is 33.2 Å². The molecule has 1 heterocycles. The number of aromatic nitrogens is 2. The Morgan fingerprint density at radius 3 is 2.81 bits per heavy atom. The predicted molar refractivity (Wildman–Crippen MR) is 64.8 cm³/mol. The van der Waals surface area contributed by atoms with E-state index in [-0.39, 0.29) is 5.75 Å². The third kappa shape index (κ3) is 3.89. The molecule has 0 aliphatic carbocycles. The van der Waals surface area contributed by atoms with Gasteiger partial charge in [-0.15, -0.1) is 0 Å². The fraction of sp³-hybridized carbons (Fsp3) is 0.636. The van der Waals surface area contributed by atoms with E-state index >= 15 is 0 Å². The van der Waals surface area contributed by atoms with E-state index in [0.717, 1.165) is 11.6 Å². The van der Waals surface area contributed by atoms with E-state index in [1.165, 1.54) is 11.8 Å². The lowest BCUT2D eigenvalue weighted by atomic mass is 10.1. The average Bonchev–Trinajstić information content (AvgIpc) is 2.61. The van der Waals surface area contributed by atoms with Crippen molar-refractivity contribution in [3.8, 4) is 0 Å². The Morgan fingerprint density at radius 2 is 2.25 bits per heavy atom. The number of thioether (sulfide) groups is 1. The molecule has 1 unspecified atom stereocenters. The molecule has 1 aromatic heterocycles. The van der Waals surface area contributed by atoms with Gasteiger partial charge in [-0.1, -0.05) is 25.6 Å². The molecule has 16 heavy (non-hydrogen) atoms. The summed E-state index contributed by atoms with van der Waals surface area (Å²) in [4.78, 5) is 14.7. The van der Waals surface area contributed by atoms with Crippen molar-refractivity contribution in [3.05, 3.63) is 12.4 Å². The minimum absolute atomic E-state index is 0.0609. The predicted octanol–water partition coefficient (Wildman–Crippen LogP) is 2.67. The van der Waals surface area contributed by atoms with Crippen LogP contribution in [0.15, 0.2) is 17.6 Å². The number of hydrogen-bond donors (Lipinski definition) is 1. The van der Waals surface area contributed by atoms with Crippen LogP contribution in [0, 0.1) is 5.92 Å². The minimum atomic E-state index is -0.809. The highest BCUT2D eigenvalue weighted by Crippen LogP contribution is 2.23. The summed E-state index contributed by atoms with van der Waals surface area (Å²) in [6.45, 7) is 6.49. The molecular formula is C11H18N2O2S. The maximum atomic E-state index is 10.5. The zero-order valence-corrected chi connectivity index (χ0v) is 10.7. The third-order valence-electron chi connectivity index (χ3n) is 2.25. The zero-order valence-electron chi connectivity index (χ0n) is 9.88. The Balaban J connectivity index is 2.65. The van der Waals surface area contributed by atoms with Crippen molar-refractivity contribution in [1.82, 2.24) is 9.55 Å². The highest BCUT2D eigenvalue weighted by molar-refractivity contribution is 7.99. The molecule has 0 amide bonds. The first kappa shape index (κ1) is 13.1. The molecule has 0 fully saturated rings. The SMILES string of the molecule is CC(C)CC(C)n1ccnc1SCC(=O)O. The average molecular weight is 242 g/mol. The van der Waals surface area contributed by atoms with Crippen LogP contribution in [-0.4, -0.2) is 26.4 Å². The number of nitrogens with zero attached hydrogens (tertiary/aromatic N) is 2. The monoisotopic (exact) mass is 242 g/mol. The van der Waals surface area contributed by atoms with Gasteiger partial charge in [-0.3, -0.25) is 4.79 Å². The van der Waals surface area contributed by atoms with E-state index < -0.39 is 5.97 Å². The summed E-state index contributed by atoms with van der Waals surface area (Å²) in [6.07, 6.45) is 4.70. The number of hydrogen-bond acceptors (Lipinski definition) is 3. The van der Waals surface area contributed by atoms with Crippen molar-refractivity contribution >= 4 is 17.7 Å². The Bertz CT molecular complexity index is 350. The van der Waals surface area contributed by atoms with Gasteiger partial charge in [0.25, 0.3) is 0 Å². The van der Waals surface area contributed by atoms with Crippen LogP contribution in [0.5, 0.6) is 0 Å². The van der Waals surface area contributed by atoms with Gasteiger partial charge < -0.3 is 9.67 Å². The second kappa shape index (κ2) is 5.94. The Morgan fingerprint density at radius 1 is 1.56 bits per heavy atom.